The van der Waals surface area contributed by atoms with E-state index in [9.17, 15) is 0 Å². The lowest BCUT2D eigenvalue weighted by atomic mass is 10.1. The molecule has 1 aromatic rings. The van der Waals surface area contributed by atoms with Gasteiger partial charge in [-0.05, 0) is 50.3 Å². The van der Waals surface area contributed by atoms with Gasteiger partial charge in [-0.2, -0.15) is 0 Å². The van der Waals surface area contributed by atoms with E-state index in [1.807, 2.05) is 19.1 Å². The quantitative estimate of drug-likeness (QED) is 0.722. The summed E-state index contributed by atoms with van der Waals surface area (Å²) in [6, 6.07) is 6.05. The van der Waals surface area contributed by atoms with Crippen LogP contribution in [-0.2, 0) is 6.42 Å². The van der Waals surface area contributed by atoms with Gasteiger partial charge in [0.05, 0.1) is 19.8 Å². The molecular weight excluding hydrogens is 228 g/mol. The number of methoxy groups -OCH3 is 1. The average molecular weight is 252 g/mol. The maximum atomic E-state index is 9.15. The van der Waals surface area contributed by atoms with Crippen LogP contribution in [0.5, 0.6) is 11.5 Å². The maximum absolute atomic E-state index is 9.15. The SMILES string of the molecule is CCc1ccc(OCCCCC(C)O)c(OC)c1. The standard InChI is InChI=1S/C15H24O3/c1-4-13-8-9-14(15(11-13)17-3)18-10-6-5-7-12(2)16/h8-9,11-12,16H,4-7,10H2,1-3H3. The monoisotopic (exact) mass is 252 g/mol. The molecule has 0 aliphatic rings. The molecule has 102 valence electrons. The zero-order valence-electron chi connectivity index (χ0n) is 11.6. The van der Waals surface area contributed by atoms with Crippen molar-refractivity contribution in [2.75, 3.05) is 13.7 Å². The topological polar surface area (TPSA) is 38.7 Å². The first-order valence-electron chi connectivity index (χ1n) is 6.65. The zero-order valence-corrected chi connectivity index (χ0v) is 11.6. The van der Waals surface area contributed by atoms with Crippen molar-refractivity contribution in [3.63, 3.8) is 0 Å². The molecular formula is C15H24O3. The van der Waals surface area contributed by atoms with E-state index in [2.05, 4.69) is 13.0 Å². The lowest BCUT2D eigenvalue weighted by Crippen LogP contribution is -2.03. The van der Waals surface area contributed by atoms with Gasteiger partial charge >= 0.3 is 0 Å². The van der Waals surface area contributed by atoms with Crippen LogP contribution in [0.1, 0.15) is 38.7 Å². The molecule has 3 nitrogen and oxygen atoms in total. The molecule has 0 aliphatic carbocycles. The highest BCUT2D eigenvalue weighted by atomic mass is 16.5. The normalized spacial score (nSPS) is 12.2. The number of rotatable bonds is 8. The Labute approximate surface area is 110 Å². The number of benzene rings is 1. The van der Waals surface area contributed by atoms with Crippen molar-refractivity contribution in [1.82, 2.24) is 0 Å². The van der Waals surface area contributed by atoms with Crippen LogP contribution in [0.4, 0.5) is 0 Å². The highest BCUT2D eigenvalue weighted by Gasteiger charge is 2.05. The zero-order chi connectivity index (χ0) is 13.4. The van der Waals surface area contributed by atoms with Crippen molar-refractivity contribution in [3.05, 3.63) is 23.8 Å². The third-order valence-electron chi connectivity index (χ3n) is 2.91. The molecule has 0 fully saturated rings. The predicted molar refractivity (Wildman–Crippen MR) is 73.4 cm³/mol. The largest absolute Gasteiger partial charge is 0.493 e. The van der Waals surface area contributed by atoms with Crippen LogP contribution < -0.4 is 9.47 Å². The lowest BCUT2D eigenvalue weighted by molar-refractivity contribution is 0.176. The Bertz CT molecular complexity index is 348. The third kappa shape index (κ3) is 4.96. The molecule has 0 aromatic heterocycles. The molecule has 3 heteroatoms. The van der Waals surface area contributed by atoms with E-state index < -0.39 is 0 Å². The second-order valence-electron chi connectivity index (χ2n) is 4.53. The van der Waals surface area contributed by atoms with Gasteiger partial charge in [-0.25, -0.2) is 0 Å². The van der Waals surface area contributed by atoms with Gasteiger partial charge in [-0.3, -0.25) is 0 Å². The Balaban J connectivity index is 2.41. The smallest absolute Gasteiger partial charge is 0.161 e. The van der Waals surface area contributed by atoms with Crippen LogP contribution in [0.15, 0.2) is 18.2 Å². The van der Waals surface area contributed by atoms with E-state index in [0.717, 1.165) is 37.2 Å². The maximum Gasteiger partial charge on any atom is 0.161 e. The van der Waals surface area contributed by atoms with Crippen LogP contribution in [0.25, 0.3) is 0 Å². The molecule has 1 rings (SSSR count). The molecule has 1 N–H and O–H groups in total. The van der Waals surface area contributed by atoms with Gasteiger partial charge in [0.2, 0.25) is 0 Å². The van der Waals surface area contributed by atoms with Gasteiger partial charge in [-0.1, -0.05) is 13.0 Å². The van der Waals surface area contributed by atoms with Gasteiger partial charge < -0.3 is 14.6 Å². The number of aryl methyl sites for hydroxylation is 1. The molecule has 1 unspecified atom stereocenters. The number of aliphatic hydroxyl groups excluding tert-OH is 1. The Morgan fingerprint density at radius 2 is 2.00 bits per heavy atom. The highest BCUT2D eigenvalue weighted by Crippen LogP contribution is 2.28. The van der Waals surface area contributed by atoms with Crippen molar-refractivity contribution in [1.29, 1.82) is 0 Å². The minimum atomic E-state index is -0.219. The summed E-state index contributed by atoms with van der Waals surface area (Å²) in [5.74, 6) is 1.59. The van der Waals surface area contributed by atoms with Gasteiger partial charge in [0, 0.05) is 0 Å². The molecule has 0 aliphatic heterocycles. The Morgan fingerprint density at radius 3 is 2.61 bits per heavy atom. The summed E-state index contributed by atoms with van der Waals surface area (Å²) in [5.41, 5.74) is 1.24. The van der Waals surface area contributed by atoms with E-state index in [1.54, 1.807) is 7.11 Å². The van der Waals surface area contributed by atoms with Crippen LogP contribution in [0.2, 0.25) is 0 Å². The van der Waals surface area contributed by atoms with Gasteiger partial charge in [0.25, 0.3) is 0 Å². The molecule has 0 radical (unpaired) electrons. The Hall–Kier alpha value is -1.22. The first kappa shape index (κ1) is 14.8. The van der Waals surface area contributed by atoms with Crippen molar-refractivity contribution < 1.29 is 14.6 Å². The summed E-state index contributed by atoms with van der Waals surface area (Å²) >= 11 is 0. The van der Waals surface area contributed by atoms with Crippen molar-refractivity contribution in [2.45, 2.75) is 45.6 Å². The average Bonchev–Trinajstić information content (AvgIpc) is 2.38. The second-order valence-corrected chi connectivity index (χ2v) is 4.53. The molecule has 1 aromatic carbocycles. The second kappa shape index (κ2) is 7.98. The fraction of sp³-hybridized carbons (Fsp3) is 0.600. The van der Waals surface area contributed by atoms with Gasteiger partial charge in [-0.15, -0.1) is 0 Å². The summed E-state index contributed by atoms with van der Waals surface area (Å²) in [7, 11) is 1.66. The van der Waals surface area contributed by atoms with Crippen molar-refractivity contribution in [2.24, 2.45) is 0 Å². The number of hydrogen-bond donors (Lipinski definition) is 1. The number of ether oxygens (including phenoxy) is 2. The Morgan fingerprint density at radius 1 is 1.22 bits per heavy atom. The fourth-order valence-electron chi connectivity index (χ4n) is 1.78. The first-order valence-corrected chi connectivity index (χ1v) is 6.65. The van der Waals surface area contributed by atoms with E-state index >= 15 is 0 Å². The minimum Gasteiger partial charge on any atom is -0.493 e. The van der Waals surface area contributed by atoms with E-state index in [-0.39, 0.29) is 6.10 Å². The van der Waals surface area contributed by atoms with E-state index in [0.29, 0.717) is 6.61 Å². The fourth-order valence-corrected chi connectivity index (χ4v) is 1.78. The summed E-state index contributed by atoms with van der Waals surface area (Å²) in [6.07, 6.45) is 3.53. The lowest BCUT2D eigenvalue weighted by Gasteiger charge is -2.12. The summed E-state index contributed by atoms with van der Waals surface area (Å²) in [4.78, 5) is 0. The van der Waals surface area contributed by atoms with Crippen molar-refractivity contribution >= 4 is 0 Å². The molecule has 0 spiro atoms. The number of unbranched alkanes of at least 4 members (excludes halogenated alkanes) is 1. The Kier molecular flexibility index (Phi) is 6.58. The van der Waals surface area contributed by atoms with Gasteiger partial charge in [0.15, 0.2) is 11.5 Å². The molecule has 18 heavy (non-hydrogen) atoms. The molecule has 0 bridgehead atoms. The van der Waals surface area contributed by atoms with Crippen LogP contribution in [0, 0.1) is 0 Å². The van der Waals surface area contributed by atoms with Crippen LogP contribution in [-0.4, -0.2) is 24.9 Å². The van der Waals surface area contributed by atoms with Crippen molar-refractivity contribution in [3.8, 4) is 11.5 Å². The van der Waals surface area contributed by atoms with Gasteiger partial charge in [0.1, 0.15) is 0 Å². The molecule has 0 saturated heterocycles. The van der Waals surface area contributed by atoms with E-state index in [4.69, 9.17) is 14.6 Å². The number of hydrogen-bond acceptors (Lipinski definition) is 3. The molecule has 1 atom stereocenters. The molecule has 0 amide bonds. The first-order chi connectivity index (χ1) is 8.67. The third-order valence-corrected chi connectivity index (χ3v) is 2.91. The summed E-state index contributed by atoms with van der Waals surface area (Å²) < 4.78 is 11.0. The number of aliphatic hydroxyl groups is 1. The van der Waals surface area contributed by atoms with E-state index in [1.165, 1.54) is 5.56 Å². The minimum absolute atomic E-state index is 0.219. The highest BCUT2D eigenvalue weighted by molar-refractivity contribution is 5.42. The molecule has 0 saturated carbocycles. The predicted octanol–water partition coefficient (Wildman–Crippen LogP) is 3.19. The van der Waals surface area contributed by atoms with Crippen LogP contribution in [0.3, 0.4) is 0 Å². The summed E-state index contributed by atoms with van der Waals surface area (Å²) in [5, 5.41) is 9.15. The van der Waals surface area contributed by atoms with Crippen LogP contribution >= 0.6 is 0 Å². The molecule has 0 heterocycles. The summed E-state index contributed by atoms with van der Waals surface area (Å²) in [6.45, 7) is 4.59.